The number of H-pyrrole nitrogens is 1. The fourth-order valence-corrected chi connectivity index (χ4v) is 4.45. The van der Waals surface area contributed by atoms with Crippen LogP contribution >= 0.6 is 11.6 Å². The first-order valence-corrected chi connectivity index (χ1v) is 9.60. The summed E-state index contributed by atoms with van der Waals surface area (Å²) in [4.78, 5) is 4.64. The van der Waals surface area contributed by atoms with E-state index in [9.17, 15) is 21.6 Å². The summed E-state index contributed by atoms with van der Waals surface area (Å²) >= 11 is 5.57. The van der Waals surface area contributed by atoms with Crippen LogP contribution in [0.15, 0.2) is 47.5 Å². The van der Waals surface area contributed by atoms with E-state index in [0.29, 0.717) is 19.2 Å². The van der Waals surface area contributed by atoms with Crippen LogP contribution in [-0.2, 0) is 16.2 Å². The maximum Gasteiger partial charge on any atom is 0.417 e. The highest BCUT2D eigenvalue weighted by atomic mass is 35.5. The number of hydrogen-bond acceptors (Lipinski definition) is 3. The molecule has 0 atom stereocenters. The zero-order valence-electron chi connectivity index (χ0n) is 13.5. The van der Waals surface area contributed by atoms with Gasteiger partial charge in [0.15, 0.2) is 0 Å². The number of aromatic amines is 1. The van der Waals surface area contributed by atoms with Gasteiger partial charge >= 0.3 is 6.18 Å². The third kappa shape index (κ3) is 3.79. The quantitative estimate of drug-likeness (QED) is 0.787. The minimum Gasteiger partial charge on any atom is -0.259 e. The number of nitrogens with one attached hydrogen (secondary N) is 1. The lowest BCUT2D eigenvalue weighted by Crippen LogP contribution is -2.49. The summed E-state index contributed by atoms with van der Waals surface area (Å²) in [6.07, 6.45) is -2.95. The molecule has 0 radical (unpaired) electrons. The van der Waals surface area contributed by atoms with Gasteiger partial charge < -0.3 is 0 Å². The summed E-state index contributed by atoms with van der Waals surface area (Å²) in [7, 11) is -4.03. The molecule has 26 heavy (non-hydrogen) atoms. The van der Waals surface area contributed by atoms with Crippen molar-refractivity contribution in [1.82, 2.24) is 4.31 Å². The Kier molecular flexibility index (Phi) is 5.14. The van der Waals surface area contributed by atoms with E-state index in [-0.39, 0.29) is 13.1 Å². The Morgan fingerprint density at radius 3 is 2.31 bits per heavy atom. The molecule has 1 aliphatic heterocycles. The van der Waals surface area contributed by atoms with E-state index in [1.54, 1.807) is 6.20 Å². The zero-order chi connectivity index (χ0) is 18.9. The average Bonchev–Trinajstić information content (AvgIpc) is 2.62. The van der Waals surface area contributed by atoms with Gasteiger partial charge in [-0.1, -0.05) is 17.7 Å². The summed E-state index contributed by atoms with van der Waals surface area (Å²) < 4.78 is 65.6. The fourth-order valence-electron chi connectivity index (χ4n) is 2.78. The van der Waals surface area contributed by atoms with Crippen LogP contribution in [0.25, 0.3) is 0 Å². The van der Waals surface area contributed by atoms with Gasteiger partial charge in [0.1, 0.15) is 0 Å². The molecular weight excluding hydrogens is 391 g/mol. The number of pyridine rings is 1. The van der Waals surface area contributed by atoms with E-state index < -0.39 is 31.7 Å². The van der Waals surface area contributed by atoms with Crippen LogP contribution in [0.2, 0.25) is 5.02 Å². The molecule has 0 saturated carbocycles. The number of rotatable bonds is 3. The Hall–Kier alpha value is -1.84. The Balaban J connectivity index is 1.80. The van der Waals surface area contributed by atoms with Gasteiger partial charge in [0.05, 0.1) is 47.9 Å². The molecule has 0 unspecified atom stereocenters. The minimum absolute atomic E-state index is 0.176. The lowest BCUT2D eigenvalue weighted by atomic mass is 10.2. The first kappa shape index (κ1) is 18.9. The summed E-state index contributed by atoms with van der Waals surface area (Å²) in [5.74, 6) is 0.857. The average molecular weight is 407 g/mol. The van der Waals surface area contributed by atoms with Gasteiger partial charge in [-0.05, 0) is 24.3 Å². The maximum absolute atomic E-state index is 13.0. The summed E-state index contributed by atoms with van der Waals surface area (Å²) in [5, 5.41) is -0.527. The molecule has 5 nitrogen and oxygen atoms in total. The summed E-state index contributed by atoms with van der Waals surface area (Å²) in [6, 6.07) is 8.23. The SMILES string of the molecule is O=S(=O)(c1ccc(Cl)c(C(F)(F)F)c1)N1CCN(c2cccc[nH+]2)CC1. The molecule has 0 bridgehead atoms. The molecule has 0 aliphatic carbocycles. The molecule has 1 aromatic heterocycles. The second-order valence-electron chi connectivity index (χ2n) is 5.78. The lowest BCUT2D eigenvalue weighted by Gasteiger charge is -2.30. The van der Waals surface area contributed by atoms with Gasteiger partial charge in [-0.3, -0.25) is 4.90 Å². The smallest absolute Gasteiger partial charge is 0.259 e. The predicted molar refractivity (Wildman–Crippen MR) is 90.4 cm³/mol. The van der Waals surface area contributed by atoms with Crippen molar-refractivity contribution >= 4 is 27.4 Å². The standard InChI is InChI=1S/C16H15ClF3N3O2S/c17-14-5-4-12(11-13(14)16(18,19)20)26(24,25)23-9-7-22(8-10-23)15-3-1-2-6-21-15/h1-6,11H,7-10H2/p+1. The number of aromatic nitrogens is 1. The predicted octanol–water partition coefficient (Wildman–Crippen LogP) is 2.68. The van der Waals surface area contributed by atoms with Crippen molar-refractivity contribution in [3.05, 3.63) is 53.2 Å². The summed E-state index contributed by atoms with van der Waals surface area (Å²) in [6.45, 7) is 1.21. The monoisotopic (exact) mass is 406 g/mol. The summed E-state index contributed by atoms with van der Waals surface area (Å²) in [5.41, 5.74) is -1.15. The Labute approximate surface area is 154 Å². The van der Waals surface area contributed by atoms with Gasteiger partial charge in [0, 0.05) is 6.07 Å². The minimum atomic E-state index is -4.72. The van der Waals surface area contributed by atoms with Gasteiger partial charge in [-0.15, -0.1) is 0 Å². The van der Waals surface area contributed by atoms with Crippen molar-refractivity contribution < 1.29 is 26.6 Å². The molecule has 0 amide bonds. The number of alkyl halides is 3. The number of piperazine rings is 1. The molecule has 1 aromatic carbocycles. The first-order chi connectivity index (χ1) is 12.2. The largest absolute Gasteiger partial charge is 0.417 e. The van der Waals surface area contributed by atoms with Gasteiger partial charge in [0.2, 0.25) is 10.0 Å². The van der Waals surface area contributed by atoms with Crippen LogP contribution in [0.5, 0.6) is 0 Å². The van der Waals surface area contributed by atoms with Crippen LogP contribution in [0, 0.1) is 0 Å². The molecule has 1 fully saturated rings. The molecule has 1 aliphatic rings. The van der Waals surface area contributed by atoms with E-state index in [2.05, 4.69) is 4.98 Å². The molecule has 10 heteroatoms. The third-order valence-corrected chi connectivity index (χ3v) is 6.38. The number of nitrogens with zero attached hydrogens (tertiary/aromatic N) is 2. The van der Waals surface area contributed by atoms with Crippen molar-refractivity contribution in [2.75, 3.05) is 31.1 Å². The van der Waals surface area contributed by atoms with Crippen molar-refractivity contribution in [2.24, 2.45) is 0 Å². The molecule has 2 aromatic rings. The molecule has 1 N–H and O–H groups in total. The number of hydrogen-bond donors (Lipinski definition) is 0. The Morgan fingerprint density at radius 2 is 1.73 bits per heavy atom. The van der Waals surface area contributed by atoms with E-state index >= 15 is 0 Å². The first-order valence-electron chi connectivity index (χ1n) is 7.78. The van der Waals surface area contributed by atoms with Gasteiger partial charge in [0.25, 0.3) is 5.82 Å². The molecule has 1 saturated heterocycles. The molecule has 2 heterocycles. The number of sulfonamides is 1. The number of anilines is 1. The highest BCUT2D eigenvalue weighted by Gasteiger charge is 2.36. The fraction of sp³-hybridized carbons (Fsp3) is 0.312. The highest BCUT2D eigenvalue weighted by Crippen LogP contribution is 2.36. The zero-order valence-corrected chi connectivity index (χ0v) is 15.1. The van der Waals surface area contributed by atoms with Gasteiger partial charge in [-0.25, -0.2) is 13.4 Å². The topological polar surface area (TPSA) is 54.8 Å². The maximum atomic E-state index is 13.0. The van der Waals surface area contributed by atoms with E-state index in [4.69, 9.17) is 11.6 Å². The van der Waals surface area contributed by atoms with Crippen LogP contribution in [0.4, 0.5) is 19.0 Å². The van der Waals surface area contributed by atoms with Crippen molar-refractivity contribution in [2.45, 2.75) is 11.1 Å². The van der Waals surface area contributed by atoms with Crippen LogP contribution in [0.1, 0.15) is 5.56 Å². The van der Waals surface area contributed by atoms with Crippen molar-refractivity contribution in [3.8, 4) is 0 Å². The van der Waals surface area contributed by atoms with E-state index in [0.717, 1.165) is 18.0 Å². The highest BCUT2D eigenvalue weighted by molar-refractivity contribution is 7.89. The van der Waals surface area contributed by atoms with Crippen LogP contribution in [-0.4, -0.2) is 38.9 Å². The molecule has 140 valence electrons. The number of benzene rings is 1. The molecule has 3 rings (SSSR count). The second kappa shape index (κ2) is 7.05. The Morgan fingerprint density at radius 1 is 1.04 bits per heavy atom. The van der Waals surface area contributed by atoms with Gasteiger partial charge in [-0.2, -0.15) is 17.5 Å². The van der Waals surface area contributed by atoms with E-state index in [1.165, 1.54) is 4.31 Å². The molecular formula is C16H16ClF3N3O2S+. The van der Waals surface area contributed by atoms with Crippen molar-refractivity contribution in [3.63, 3.8) is 0 Å². The molecule has 0 spiro atoms. The second-order valence-corrected chi connectivity index (χ2v) is 8.12. The lowest BCUT2D eigenvalue weighted by molar-refractivity contribution is -0.364. The number of halogens is 4. The third-order valence-electron chi connectivity index (χ3n) is 4.15. The van der Waals surface area contributed by atoms with Crippen LogP contribution in [0.3, 0.4) is 0 Å². The van der Waals surface area contributed by atoms with Crippen LogP contribution < -0.4 is 9.88 Å². The Bertz CT molecular complexity index is 883. The normalized spacial score (nSPS) is 16.7. The van der Waals surface area contributed by atoms with E-state index in [1.807, 2.05) is 23.1 Å². The van der Waals surface area contributed by atoms with Crippen molar-refractivity contribution in [1.29, 1.82) is 0 Å².